The van der Waals surface area contributed by atoms with Crippen LogP contribution in [0.4, 0.5) is 17.6 Å². The van der Waals surface area contributed by atoms with Crippen LogP contribution in [0.2, 0.25) is 0 Å². The molecule has 0 spiro atoms. The fraction of sp³-hybridized carbons (Fsp3) is 0.529. The van der Waals surface area contributed by atoms with Crippen LogP contribution in [-0.2, 0) is 4.74 Å². The molecule has 0 aromatic carbocycles. The van der Waals surface area contributed by atoms with E-state index >= 15 is 0 Å². The fourth-order valence-electron chi connectivity index (χ4n) is 3.79. The lowest BCUT2D eigenvalue weighted by Crippen LogP contribution is -2.41. The van der Waals surface area contributed by atoms with Gasteiger partial charge in [-0.05, 0) is 12.8 Å². The van der Waals surface area contributed by atoms with Gasteiger partial charge in [0, 0.05) is 32.0 Å². The summed E-state index contributed by atoms with van der Waals surface area (Å²) in [6.07, 6.45) is 5.62. The van der Waals surface area contributed by atoms with Crippen LogP contribution in [0.3, 0.4) is 0 Å². The molecule has 0 bridgehead atoms. The predicted molar refractivity (Wildman–Crippen MR) is 96.4 cm³/mol. The molecule has 26 heavy (non-hydrogen) atoms. The summed E-state index contributed by atoms with van der Waals surface area (Å²) in [7, 11) is 0. The molecule has 9 nitrogen and oxygen atoms in total. The number of nitrogens with two attached hydrogens (primary N) is 1. The van der Waals surface area contributed by atoms with Gasteiger partial charge in [0.05, 0.1) is 24.8 Å². The summed E-state index contributed by atoms with van der Waals surface area (Å²) >= 11 is 0. The first kappa shape index (κ1) is 15.6. The summed E-state index contributed by atoms with van der Waals surface area (Å²) in [5.74, 6) is 3.33. The second-order valence-electron chi connectivity index (χ2n) is 6.75. The minimum absolute atomic E-state index is 0.239. The number of nitrogen functional groups attached to an aromatic ring is 1. The second-order valence-corrected chi connectivity index (χ2v) is 6.75. The highest BCUT2D eigenvalue weighted by atomic mass is 16.5. The number of hydrogen-bond acceptors (Lipinski definition) is 9. The number of hydrogen-bond donors (Lipinski definition) is 1. The average Bonchev–Trinajstić information content (AvgIpc) is 3.18. The quantitative estimate of drug-likeness (QED) is 0.834. The largest absolute Gasteiger partial charge is 0.484 e. The van der Waals surface area contributed by atoms with E-state index in [-0.39, 0.29) is 5.95 Å². The molecule has 3 aliphatic rings. The van der Waals surface area contributed by atoms with Crippen LogP contribution in [-0.4, -0.2) is 65.4 Å². The maximum Gasteiger partial charge on any atom is 0.219 e. The van der Waals surface area contributed by atoms with Gasteiger partial charge in [-0.1, -0.05) is 0 Å². The van der Waals surface area contributed by atoms with Crippen LogP contribution in [0.5, 0.6) is 5.75 Å². The van der Waals surface area contributed by atoms with Crippen molar-refractivity contribution >= 4 is 17.6 Å². The molecular formula is C17H21N7O2. The standard InChI is InChI=1S/C17H21N7O2/c18-17-19-8-11(9-20-17)14-21-15(23-4-6-25-7-5-23)13-16(22-14)24-3-1-2-12(24)10-26-13/h8-9,12H,1-7,10H2,(H2,18,19,20)/t12-/m0/s1. The number of anilines is 3. The lowest BCUT2D eigenvalue weighted by atomic mass is 10.2. The average molecular weight is 355 g/mol. The molecule has 0 amide bonds. The number of aromatic nitrogens is 4. The highest BCUT2D eigenvalue weighted by Crippen LogP contribution is 2.43. The van der Waals surface area contributed by atoms with E-state index < -0.39 is 0 Å². The fourth-order valence-corrected chi connectivity index (χ4v) is 3.79. The smallest absolute Gasteiger partial charge is 0.219 e. The Morgan fingerprint density at radius 2 is 1.81 bits per heavy atom. The Labute approximate surface area is 151 Å². The van der Waals surface area contributed by atoms with Crippen molar-refractivity contribution < 1.29 is 9.47 Å². The minimum Gasteiger partial charge on any atom is -0.484 e. The Bertz CT molecular complexity index is 808. The SMILES string of the molecule is Nc1ncc(-c2nc(N3CCOCC3)c3c(n2)N2CCC[C@H]2CO3)cn1. The highest BCUT2D eigenvalue weighted by Gasteiger charge is 2.36. The van der Waals surface area contributed by atoms with Crippen molar-refractivity contribution in [1.82, 2.24) is 19.9 Å². The molecule has 3 aliphatic heterocycles. The van der Waals surface area contributed by atoms with E-state index in [0.29, 0.717) is 31.7 Å². The summed E-state index contributed by atoms with van der Waals surface area (Å²) in [5.41, 5.74) is 6.37. The van der Waals surface area contributed by atoms with Crippen LogP contribution >= 0.6 is 0 Å². The highest BCUT2D eigenvalue weighted by molar-refractivity contribution is 5.72. The summed E-state index contributed by atoms with van der Waals surface area (Å²) in [6.45, 7) is 4.63. The summed E-state index contributed by atoms with van der Waals surface area (Å²) < 4.78 is 11.6. The van der Waals surface area contributed by atoms with Gasteiger partial charge in [-0.3, -0.25) is 0 Å². The molecule has 0 aliphatic carbocycles. The van der Waals surface area contributed by atoms with Gasteiger partial charge in [0.25, 0.3) is 0 Å². The van der Waals surface area contributed by atoms with Crippen molar-refractivity contribution in [2.24, 2.45) is 0 Å². The first-order valence-electron chi connectivity index (χ1n) is 9.01. The van der Waals surface area contributed by atoms with Crippen LogP contribution in [0, 0.1) is 0 Å². The lowest BCUT2D eigenvalue weighted by Gasteiger charge is -2.36. The van der Waals surface area contributed by atoms with Gasteiger partial charge in [0.15, 0.2) is 17.5 Å². The minimum atomic E-state index is 0.239. The van der Waals surface area contributed by atoms with E-state index in [9.17, 15) is 0 Å². The molecule has 2 aromatic rings. The van der Waals surface area contributed by atoms with Crippen molar-refractivity contribution in [3.8, 4) is 17.1 Å². The van der Waals surface area contributed by atoms with E-state index in [4.69, 9.17) is 25.2 Å². The Morgan fingerprint density at radius 1 is 1.04 bits per heavy atom. The van der Waals surface area contributed by atoms with E-state index in [1.54, 1.807) is 12.4 Å². The number of ether oxygens (including phenoxy) is 2. The molecule has 1 atom stereocenters. The number of nitrogens with zero attached hydrogens (tertiary/aromatic N) is 6. The van der Waals surface area contributed by atoms with Gasteiger partial charge in [0.1, 0.15) is 6.61 Å². The maximum absolute atomic E-state index is 6.13. The van der Waals surface area contributed by atoms with Crippen LogP contribution in [0.1, 0.15) is 12.8 Å². The third-order valence-corrected chi connectivity index (χ3v) is 5.14. The van der Waals surface area contributed by atoms with Crippen LogP contribution in [0.15, 0.2) is 12.4 Å². The van der Waals surface area contributed by atoms with Crippen molar-refractivity contribution in [2.75, 3.05) is 55.0 Å². The number of rotatable bonds is 2. The maximum atomic E-state index is 6.13. The van der Waals surface area contributed by atoms with Crippen molar-refractivity contribution in [2.45, 2.75) is 18.9 Å². The van der Waals surface area contributed by atoms with E-state index in [1.807, 2.05) is 0 Å². The zero-order valence-electron chi connectivity index (χ0n) is 14.5. The number of morpholine rings is 1. The Balaban J connectivity index is 1.64. The van der Waals surface area contributed by atoms with Crippen molar-refractivity contribution in [3.05, 3.63) is 12.4 Å². The van der Waals surface area contributed by atoms with Crippen LogP contribution in [0.25, 0.3) is 11.4 Å². The van der Waals surface area contributed by atoms with Gasteiger partial charge in [-0.15, -0.1) is 0 Å². The van der Waals surface area contributed by atoms with E-state index in [1.165, 1.54) is 0 Å². The topological polar surface area (TPSA) is 103 Å². The van der Waals surface area contributed by atoms with Crippen molar-refractivity contribution in [1.29, 1.82) is 0 Å². The molecule has 2 N–H and O–H groups in total. The van der Waals surface area contributed by atoms with Crippen LogP contribution < -0.4 is 20.3 Å². The molecule has 0 unspecified atom stereocenters. The van der Waals surface area contributed by atoms with Gasteiger partial charge in [-0.25, -0.2) is 19.9 Å². The van der Waals surface area contributed by atoms with Gasteiger partial charge in [-0.2, -0.15) is 0 Å². The van der Waals surface area contributed by atoms with Crippen molar-refractivity contribution in [3.63, 3.8) is 0 Å². The molecular weight excluding hydrogens is 334 g/mol. The third-order valence-electron chi connectivity index (χ3n) is 5.14. The third kappa shape index (κ3) is 2.59. The molecule has 136 valence electrons. The lowest BCUT2D eigenvalue weighted by molar-refractivity contribution is 0.122. The Kier molecular flexibility index (Phi) is 3.74. The predicted octanol–water partition coefficient (Wildman–Crippen LogP) is 0.714. The summed E-state index contributed by atoms with van der Waals surface area (Å²) in [4.78, 5) is 22.4. The van der Waals surface area contributed by atoms with E-state index in [2.05, 4.69) is 19.8 Å². The monoisotopic (exact) mass is 355 g/mol. The molecule has 0 saturated carbocycles. The molecule has 2 aromatic heterocycles. The summed E-state index contributed by atoms with van der Waals surface area (Å²) in [6, 6.07) is 0.394. The van der Waals surface area contributed by atoms with Gasteiger partial charge in [0.2, 0.25) is 11.7 Å². The second kappa shape index (κ2) is 6.24. The summed E-state index contributed by atoms with van der Waals surface area (Å²) in [5, 5.41) is 0. The molecule has 2 saturated heterocycles. The first-order chi connectivity index (χ1) is 12.8. The van der Waals surface area contributed by atoms with Gasteiger partial charge >= 0.3 is 0 Å². The molecule has 5 heterocycles. The normalized spacial score (nSPS) is 21.9. The zero-order valence-corrected chi connectivity index (χ0v) is 14.5. The molecule has 9 heteroatoms. The molecule has 0 radical (unpaired) electrons. The number of fused-ring (bicyclic) bond motifs is 3. The first-order valence-corrected chi connectivity index (χ1v) is 9.01. The Hall–Kier alpha value is -2.68. The van der Waals surface area contributed by atoms with Gasteiger partial charge < -0.3 is 25.0 Å². The molecule has 2 fully saturated rings. The Morgan fingerprint density at radius 3 is 2.62 bits per heavy atom. The van der Waals surface area contributed by atoms with E-state index in [0.717, 1.165) is 55.4 Å². The zero-order chi connectivity index (χ0) is 17.5. The molecule has 5 rings (SSSR count).